The molecule has 2 N–H and O–H groups in total. The van der Waals surface area contributed by atoms with Gasteiger partial charge in [0.2, 0.25) is 0 Å². The molecule has 28 heavy (non-hydrogen) atoms. The molecule has 0 aromatic heterocycles. The highest BCUT2D eigenvalue weighted by molar-refractivity contribution is 5.95. The number of anilines is 1. The fourth-order valence-corrected chi connectivity index (χ4v) is 3.22. The molecule has 7 nitrogen and oxygen atoms in total. The third kappa shape index (κ3) is 6.65. The number of hydrogen-bond acceptors (Lipinski definition) is 4. The van der Waals surface area contributed by atoms with Crippen LogP contribution in [-0.2, 0) is 0 Å². The Morgan fingerprint density at radius 3 is 2.43 bits per heavy atom. The number of nitrogens with one attached hydrogen (secondary N) is 2. The van der Waals surface area contributed by atoms with E-state index in [1.807, 2.05) is 0 Å². The van der Waals surface area contributed by atoms with Gasteiger partial charge < -0.3 is 25.3 Å². The van der Waals surface area contributed by atoms with Crippen LogP contribution in [0.3, 0.4) is 0 Å². The maximum absolute atomic E-state index is 12.4. The van der Waals surface area contributed by atoms with Crippen molar-refractivity contribution in [2.75, 3.05) is 59.2 Å². The summed E-state index contributed by atoms with van der Waals surface area (Å²) < 4.78 is 0. The number of carbonyl (C=O) groups is 2. The standard InChI is InChI=1S/C21H33N5O2/c1-5-12-22-20(27)17-6-8-18(9-7-17)23-21(28)26(4)16-15-25(3)19-10-13-24(2)14-11-19/h5-9,19H,1,10-16H2,2-4H3,(H,22,27)(H,23,28). The Labute approximate surface area is 168 Å². The minimum Gasteiger partial charge on any atom is -0.349 e. The maximum Gasteiger partial charge on any atom is 0.321 e. The Morgan fingerprint density at radius 1 is 1.18 bits per heavy atom. The minimum absolute atomic E-state index is 0.152. The first-order valence-corrected chi connectivity index (χ1v) is 9.80. The Morgan fingerprint density at radius 2 is 1.82 bits per heavy atom. The van der Waals surface area contributed by atoms with Gasteiger partial charge in [0.05, 0.1) is 0 Å². The number of amides is 3. The molecule has 1 aliphatic heterocycles. The first kappa shape index (κ1) is 21.9. The highest BCUT2D eigenvalue weighted by Gasteiger charge is 2.21. The predicted octanol–water partition coefficient (Wildman–Crippen LogP) is 2.09. The van der Waals surface area contributed by atoms with Crippen molar-refractivity contribution in [2.45, 2.75) is 18.9 Å². The first-order valence-electron chi connectivity index (χ1n) is 9.80. The maximum atomic E-state index is 12.4. The molecule has 1 aromatic rings. The zero-order valence-electron chi connectivity index (χ0n) is 17.3. The molecule has 1 aromatic carbocycles. The van der Waals surface area contributed by atoms with E-state index < -0.39 is 0 Å². The Bertz CT molecular complexity index is 653. The SMILES string of the molecule is C=CCNC(=O)c1ccc(NC(=O)N(C)CCN(C)C2CCN(C)CC2)cc1. The van der Waals surface area contributed by atoms with E-state index in [2.05, 4.69) is 41.1 Å². The van der Waals surface area contributed by atoms with Crippen LogP contribution in [0.25, 0.3) is 0 Å². The highest BCUT2D eigenvalue weighted by atomic mass is 16.2. The van der Waals surface area contributed by atoms with E-state index in [4.69, 9.17) is 0 Å². The van der Waals surface area contributed by atoms with Crippen molar-refractivity contribution in [2.24, 2.45) is 0 Å². The summed E-state index contributed by atoms with van der Waals surface area (Å²) >= 11 is 0. The molecule has 1 heterocycles. The molecular formula is C21H33N5O2. The van der Waals surface area contributed by atoms with Gasteiger partial charge >= 0.3 is 6.03 Å². The fraction of sp³-hybridized carbons (Fsp3) is 0.524. The quantitative estimate of drug-likeness (QED) is 0.671. The predicted molar refractivity (Wildman–Crippen MR) is 114 cm³/mol. The third-order valence-corrected chi connectivity index (χ3v) is 5.25. The molecule has 1 saturated heterocycles. The summed E-state index contributed by atoms with van der Waals surface area (Å²) in [5.41, 5.74) is 1.22. The number of piperidine rings is 1. The number of rotatable bonds is 8. The molecule has 0 saturated carbocycles. The number of benzene rings is 1. The molecular weight excluding hydrogens is 354 g/mol. The van der Waals surface area contributed by atoms with Gasteiger partial charge in [-0.15, -0.1) is 6.58 Å². The van der Waals surface area contributed by atoms with Gasteiger partial charge in [-0.25, -0.2) is 4.79 Å². The Kier molecular flexibility index (Phi) is 8.47. The topological polar surface area (TPSA) is 67.9 Å². The molecule has 7 heteroatoms. The molecule has 1 fully saturated rings. The van der Waals surface area contributed by atoms with Gasteiger partial charge in [-0.1, -0.05) is 6.08 Å². The molecule has 0 radical (unpaired) electrons. The van der Waals surface area contributed by atoms with Gasteiger partial charge in [-0.05, 0) is 64.3 Å². The summed E-state index contributed by atoms with van der Waals surface area (Å²) in [5.74, 6) is -0.160. The number of urea groups is 1. The third-order valence-electron chi connectivity index (χ3n) is 5.25. The van der Waals surface area contributed by atoms with E-state index in [9.17, 15) is 9.59 Å². The average Bonchev–Trinajstić information content (AvgIpc) is 2.70. The lowest BCUT2D eigenvalue weighted by Gasteiger charge is -2.35. The normalized spacial score (nSPS) is 15.3. The second-order valence-electron chi connectivity index (χ2n) is 7.44. The summed E-state index contributed by atoms with van der Waals surface area (Å²) in [6.45, 7) is 7.77. The number of carbonyl (C=O) groups excluding carboxylic acids is 2. The van der Waals surface area contributed by atoms with Crippen molar-refractivity contribution in [3.63, 3.8) is 0 Å². The molecule has 0 spiro atoms. The molecule has 0 unspecified atom stereocenters. The molecule has 2 rings (SSSR count). The van der Waals surface area contributed by atoms with Gasteiger partial charge in [-0.3, -0.25) is 4.79 Å². The van der Waals surface area contributed by atoms with Crippen molar-refractivity contribution in [3.05, 3.63) is 42.5 Å². The number of hydrogen-bond donors (Lipinski definition) is 2. The van der Waals surface area contributed by atoms with Crippen LogP contribution >= 0.6 is 0 Å². The fourth-order valence-electron chi connectivity index (χ4n) is 3.22. The lowest BCUT2D eigenvalue weighted by atomic mass is 10.0. The van der Waals surface area contributed by atoms with Crippen molar-refractivity contribution >= 4 is 17.6 Å². The molecule has 3 amide bonds. The summed E-state index contributed by atoms with van der Waals surface area (Å²) in [6.07, 6.45) is 3.98. The van der Waals surface area contributed by atoms with E-state index in [1.54, 1.807) is 42.3 Å². The molecule has 0 aliphatic carbocycles. The number of likely N-dealkylation sites (N-methyl/N-ethyl adjacent to an activating group) is 2. The average molecular weight is 388 g/mol. The van der Waals surface area contributed by atoms with Crippen molar-refractivity contribution in [1.29, 1.82) is 0 Å². The van der Waals surface area contributed by atoms with Crippen LogP contribution in [0.5, 0.6) is 0 Å². The lowest BCUT2D eigenvalue weighted by molar-refractivity contribution is 0.0958. The van der Waals surface area contributed by atoms with Crippen molar-refractivity contribution in [1.82, 2.24) is 20.0 Å². The van der Waals surface area contributed by atoms with E-state index >= 15 is 0 Å². The van der Waals surface area contributed by atoms with Crippen LogP contribution < -0.4 is 10.6 Å². The van der Waals surface area contributed by atoms with Crippen molar-refractivity contribution in [3.8, 4) is 0 Å². The van der Waals surface area contributed by atoms with Gasteiger partial charge in [0.15, 0.2) is 0 Å². The Hall–Kier alpha value is -2.38. The molecule has 0 bridgehead atoms. The second-order valence-corrected chi connectivity index (χ2v) is 7.44. The van der Waals surface area contributed by atoms with Gasteiger partial charge in [0.1, 0.15) is 0 Å². The smallest absolute Gasteiger partial charge is 0.321 e. The van der Waals surface area contributed by atoms with Crippen LogP contribution in [0.4, 0.5) is 10.5 Å². The molecule has 154 valence electrons. The van der Waals surface area contributed by atoms with E-state index in [0.717, 1.165) is 19.6 Å². The minimum atomic E-state index is -0.160. The summed E-state index contributed by atoms with van der Waals surface area (Å²) in [6, 6.07) is 7.30. The monoisotopic (exact) mass is 387 g/mol. The van der Waals surface area contributed by atoms with Crippen LogP contribution in [0.15, 0.2) is 36.9 Å². The van der Waals surface area contributed by atoms with E-state index in [0.29, 0.717) is 30.4 Å². The van der Waals surface area contributed by atoms with Crippen LogP contribution in [-0.4, -0.2) is 86.5 Å². The molecule has 0 atom stereocenters. The highest BCUT2D eigenvalue weighted by Crippen LogP contribution is 2.14. The summed E-state index contributed by atoms with van der Waals surface area (Å²) in [4.78, 5) is 30.7. The summed E-state index contributed by atoms with van der Waals surface area (Å²) in [5, 5.41) is 5.60. The van der Waals surface area contributed by atoms with Gasteiger partial charge in [0, 0.05) is 44.0 Å². The van der Waals surface area contributed by atoms with Gasteiger partial charge in [-0.2, -0.15) is 0 Å². The van der Waals surface area contributed by atoms with Crippen LogP contribution in [0, 0.1) is 0 Å². The number of likely N-dealkylation sites (tertiary alicyclic amines) is 1. The van der Waals surface area contributed by atoms with Crippen molar-refractivity contribution < 1.29 is 9.59 Å². The van der Waals surface area contributed by atoms with E-state index in [1.165, 1.54) is 12.8 Å². The zero-order valence-corrected chi connectivity index (χ0v) is 17.3. The van der Waals surface area contributed by atoms with Crippen LogP contribution in [0.2, 0.25) is 0 Å². The summed E-state index contributed by atoms with van der Waals surface area (Å²) in [7, 11) is 6.10. The number of nitrogens with zero attached hydrogens (tertiary/aromatic N) is 3. The Balaban J connectivity index is 1.77. The zero-order chi connectivity index (χ0) is 20.5. The first-order chi connectivity index (χ1) is 13.4. The lowest BCUT2D eigenvalue weighted by Crippen LogP contribution is -2.45. The van der Waals surface area contributed by atoms with Gasteiger partial charge in [0.25, 0.3) is 5.91 Å². The largest absolute Gasteiger partial charge is 0.349 e. The van der Waals surface area contributed by atoms with Crippen LogP contribution in [0.1, 0.15) is 23.2 Å². The molecule has 1 aliphatic rings. The van der Waals surface area contributed by atoms with E-state index in [-0.39, 0.29) is 11.9 Å². The second kappa shape index (κ2) is 10.8.